The van der Waals surface area contributed by atoms with Crippen LogP contribution in [0.5, 0.6) is 0 Å². The summed E-state index contributed by atoms with van der Waals surface area (Å²) < 4.78 is 29.5. The Morgan fingerprint density at radius 2 is 1.54 bits per heavy atom. The van der Waals surface area contributed by atoms with Gasteiger partial charge in [0.05, 0.1) is 22.1 Å². The van der Waals surface area contributed by atoms with E-state index in [2.05, 4.69) is 19.7 Å². The number of benzene rings is 3. The van der Waals surface area contributed by atoms with Crippen molar-refractivity contribution in [3.63, 3.8) is 0 Å². The molecular formula is C28H26N4O2S. The number of sulfonamides is 1. The number of imidazole rings is 1. The molecule has 0 saturated carbocycles. The molecule has 0 radical (unpaired) electrons. The predicted molar refractivity (Wildman–Crippen MR) is 138 cm³/mol. The Hall–Kier alpha value is -3.81. The molecule has 5 aromatic rings. The molecule has 2 N–H and O–H groups in total. The second kappa shape index (κ2) is 9.82. The summed E-state index contributed by atoms with van der Waals surface area (Å²) in [6, 6.07) is 28.1. The Balaban J connectivity index is 1.37. The highest BCUT2D eigenvalue weighted by molar-refractivity contribution is 7.89. The average molecular weight is 483 g/mol. The number of aromatic amines is 1. The normalized spacial score (nSPS) is 12.6. The number of aryl methyl sites for hydroxylation is 1. The minimum absolute atomic E-state index is 0.233. The van der Waals surface area contributed by atoms with Crippen LogP contribution in [-0.2, 0) is 22.9 Å². The maximum Gasteiger partial charge on any atom is 0.241 e. The van der Waals surface area contributed by atoms with E-state index in [1.165, 1.54) is 0 Å². The van der Waals surface area contributed by atoms with Crippen molar-refractivity contribution in [2.24, 2.45) is 0 Å². The lowest BCUT2D eigenvalue weighted by Gasteiger charge is -2.20. The minimum atomic E-state index is -3.73. The molecule has 0 aliphatic carbocycles. The van der Waals surface area contributed by atoms with E-state index in [4.69, 9.17) is 0 Å². The van der Waals surface area contributed by atoms with Crippen molar-refractivity contribution in [1.29, 1.82) is 0 Å². The summed E-state index contributed by atoms with van der Waals surface area (Å²) in [6.45, 7) is 1.91. The molecule has 0 fully saturated rings. The molecule has 0 saturated heterocycles. The van der Waals surface area contributed by atoms with Gasteiger partial charge in [-0.05, 0) is 48.2 Å². The smallest absolute Gasteiger partial charge is 0.241 e. The van der Waals surface area contributed by atoms with Gasteiger partial charge in [0.25, 0.3) is 0 Å². The van der Waals surface area contributed by atoms with Gasteiger partial charge >= 0.3 is 0 Å². The van der Waals surface area contributed by atoms with Gasteiger partial charge in [0.15, 0.2) is 0 Å². The molecule has 7 heteroatoms. The molecule has 5 rings (SSSR count). The number of hydrogen-bond acceptors (Lipinski definition) is 4. The summed E-state index contributed by atoms with van der Waals surface area (Å²) >= 11 is 0. The van der Waals surface area contributed by atoms with Crippen LogP contribution in [-0.4, -0.2) is 23.4 Å². The molecular weight excluding hydrogens is 456 g/mol. The van der Waals surface area contributed by atoms with Crippen LogP contribution in [0.2, 0.25) is 0 Å². The zero-order chi connectivity index (χ0) is 24.3. The average Bonchev–Trinajstić information content (AvgIpc) is 3.26. The van der Waals surface area contributed by atoms with Crippen LogP contribution in [0.4, 0.5) is 0 Å². The molecule has 35 heavy (non-hydrogen) atoms. The van der Waals surface area contributed by atoms with Gasteiger partial charge in [-0.2, -0.15) is 0 Å². The van der Waals surface area contributed by atoms with E-state index in [9.17, 15) is 8.42 Å². The number of pyridine rings is 1. The number of rotatable bonds is 8. The maximum absolute atomic E-state index is 13.3. The first-order valence-corrected chi connectivity index (χ1v) is 13.0. The Kier molecular flexibility index (Phi) is 6.44. The lowest BCUT2D eigenvalue weighted by molar-refractivity contribution is 0.555. The van der Waals surface area contributed by atoms with E-state index < -0.39 is 10.0 Å². The van der Waals surface area contributed by atoms with E-state index in [-0.39, 0.29) is 10.9 Å². The number of fused-ring (bicyclic) bond motifs is 1. The van der Waals surface area contributed by atoms with Crippen LogP contribution >= 0.6 is 0 Å². The molecule has 0 aliphatic rings. The van der Waals surface area contributed by atoms with Crippen molar-refractivity contribution >= 4 is 21.1 Å². The molecule has 1 atom stereocenters. The van der Waals surface area contributed by atoms with Gasteiger partial charge in [-0.15, -0.1) is 0 Å². The summed E-state index contributed by atoms with van der Waals surface area (Å²) in [5, 5.41) is 0. The van der Waals surface area contributed by atoms with Crippen molar-refractivity contribution < 1.29 is 8.42 Å². The molecule has 0 spiro atoms. The predicted octanol–water partition coefficient (Wildman–Crippen LogP) is 5.12. The molecule has 0 bridgehead atoms. The number of nitrogens with zero attached hydrogens (tertiary/aromatic N) is 2. The molecule has 2 aromatic heterocycles. The maximum atomic E-state index is 13.3. The van der Waals surface area contributed by atoms with Gasteiger partial charge in [0.1, 0.15) is 11.3 Å². The second-order valence-corrected chi connectivity index (χ2v) is 10.3. The number of nitrogens with one attached hydrogen (secondary N) is 2. The quantitative estimate of drug-likeness (QED) is 0.321. The monoisotopic (exact) mass is 482 g/mol. The van der Waals surface area contributed by atoms with Crippen molar-refractivity contribution in [3.8, 4) is 0 Å². The summed E-state index contributed by atoms with van der Waals surface area (Å²) in [6.07, 6.45) is 2.88. The third-order valence-electron chi connectivity index (χ3n) is 5.98. The fourth-order valence-electron chi connectivity index (χ4n) is 4.24. The summed E-state index contributed by atoms with van der Waals surface area (Å²) in [4.78, 5) is 12.5. The van der Waals surface area contributed by atoms with Gasteiger partial charge in [0.2, 0.25) is 10.0 Å². The van der Waals surface area contributed by atoms with E-state index in [1.807, 2.05) is 85.8 Å². The van der Waals surface area contributed by atoms with E-state index in [0.29, 0.717) is 12.8 Å². The fourth-order valence-corrected chi connectivity index (χ4v) is 5.47. The highest BCUT2D eigenvalue weighted by Gasteiger charge is 2.22. The van der Waals surface area contributed by atoms with Crippen LogP contribution in [0, 0.1) is 6.92 Å². The lowest BCUT2D eigenvalue weighted by Crippen LogP contribution is -2.30. The van der Waals surface area contributed by atoms with E-state index >= 15 is 0 Å². The van der Waals surface area contributed by atoms with Gasteiger partial charge in [-0.25, -0.2) is 18.1 Å². The number of H-pyrrole nitrogens is 1. The first-order chi connectivity index (χ1) is 17.0. The summed E-state index contributed by atoms with van der Waals surface area (Å²) in [5.74, 6) is 0.838. The number of aromatic nitrogens is 3. The summed E-state index contributed by atoms with van der Waals surface area (Å²) in [5.41, 5.74) is 5.59. The van der Waals surface area contributed by atoms with Gasteiger partial charge in [-0.3, -0.25) is 4.98 Å². The third kappa shape index (κ3) is 5.31. The molecule has 3 aromatic carbocycles. The Morgan fingerprint density at radius 3 is 2.26 bits per heavy atom. The van der Waals surface area contributed by atoms with Crippen molar-refractivity contribution in [3.05, 3.63) is 125 Å². The second-order valence-electron chi connectivity index (χ2n) is 8.57. The van der Waals surface area contributed by atoms with Gasteiger partial charge in [0, 0.05) is 12.6 Å². The largest absolute Gasteiger partial charge is 0.342 e. The standard InChI is InChI=1S/C28H26N4O2S/c1-20-30-25-16-17-29-27(28(25)31-20)19-22-12-14-24(15-13-22)35(33,34)32-26(23-10-6-3-7-11-23)18-21-8-4-2-5-9-21/h2-17,26,32H,18-19H2,1H3,(H,30,31). The van der Waals surface area contributed by atoms with Crippen LogP contribution < -0.4 is 4.72 Å². The molecule has 1 unspecified atom stereocenters. The molecule has 176 valence electrons. The topological polar surface area (TPSA) is 87.7 Å². The van der Waals surface area contributed by atoms with Crippen LogP contribution in [0.1, 0.15) is 34.3 Å². The highest BCUT2D eigenvalue weighted by Crippen LogP contribution is 2.23. The van der Waals surface area contributed by atoms with E-state index in [0.717, 1.165) is 39.2 Å². The lowest BCUT2D eigenvalue weighted by atomic mass is 10.00. The minimum Gasteiger partial charge on any atom is -0.342 e. The molecule has 6 nitrogen and oxygen atoms in total. The summed E-state index contributed by atoms with van der Waals surface area (Å²) in [7, 11) is -3.73. The Morgan fingerprint density at radius 1 is 0.857 bits per heavy atom. The van der Waals surface area contributed by atoms with Gasteiger partial charge < -0.3 is 4.98 Å². The Labute approximate surface area is 205 Å². The highest BCUT2D eigenvalue weighted by atomic mass is 32.2. The first kappa shape index (κ1) is 23.0. The van der Waals surface area contributed by atoms with Crippen molar-refractivity contribution in [2.45, 2.75) is 30.7 Å². The molecule has 2 heterocycles. The third-order valence-corrected chi connectivity index (χ3v) is 7.47. The van der Waals surface area contributed by atoms with Crippen LogP contribution in [0.3, 0.4) is 0 Å². The molecule has 0 amide bonds. The zero-order valence-corrected chi connectivity index (χ0v) is 20.2. The SMILES string of the molecule is Cc1nc2c(Cc3ccc(S(=O)(=O)NC(Cc4ccccc4)c4ccccc4)cc3)nccc2[nH]1. The van der Waals surface area contributed by atoms with Crippen LogP contribution in [0.15, 0.2) is 102 Å². The Bertz CT molecular complexity index is 1530. The van der Waals surface area contributed by atoms with Crippen molar-refractivity contribution in [2.75, 3.05) is 0 Å². The zero-order valence-electron chi connectivity index (χ0n) is 19.3. The number of hydrogen-bond donors (Lipinski definition) is 2. The molecule has 0 aliphatic heterocycles. The van der Waals surface area contributed by atoms with Crippen LogP contribution in [0.25, 0.3) is 11.0 Å². The fraction of sp³-hybridized carbons (Fsp3) is 0.143. The first-order valence-electron chi connectivity index (χ1n) is 11.5. The van der Waals surface area contributed by atoms with Crippen molar-refractivity contribution in [1.82, 2.24) is 19.7 Å². The van der Waals surface area contributed by atoms with Gasteiger partial charge in [-0.1, -0.05) is 72.8 Å². The van der Waals surface area contributed by atoms with E-state index in [1.54, 1.807) is 18.3 Å².